The molecule has 21 heavy (non-hydrogen) atoms. The highest BCUT2D eigenvalue weighted by Crippen LogP contribution is 2.12. The molecule has 1 atom stereocenters. The Balaban J connectivity index is 2.21. The summed E-state index contributed by atoms with van der Waals surface area (Å²) in [5.41, 5.74) is 0.902. The molecule has 1 aromatic carbocycles. The molecule has 0 spiro atoms. The molecule has 0 heterocycles. The van der Waals surface area contributed by atoms with Gasteiger partial charge in [0.1, 0.15) is 0 Å². The fraction of sp³-hybridized carbons (Fsp3) is 0.500. The lowest BCUT2D eigenvalue weighted by molar-refractivity contribution is -0.122. The van der Waals surface area contributed by atoms with Crippen molar-refractivity contribution in [1.82, 2.24) is 10.6 Å². The zero-order valence-corrected chi connectivity index (χ0v) is 12.5. The number of aliphatic hydroxyl groups is 1. The summed E-state index contributed by atoms with van der Waals surface area (Å²) in [5, 5.41) is 14.9. The van der Waals surface area contributed by atoms with Gasteiger partial charge in [-0.15, -0.1) is 0 Å². The summed E-state index contributed by atoms with van der Waals surface area (Å²) in [4.78, 5) is 22.5. The summed E-state index contributed by atoms with van der Waals surface area (Å²) in [7, 11) is 0. The molecule has 0 aromatic heterocycles. The van der Waals surface area contributed by atoms with Crippen LogP contribution in [0.25, 0.3) is 0 Å². The molecule has 5 nitrogen and oxygen atoms in total. The summed E-state index contributed by atoms with van der Waals surface area (Å²) in [6, 6.07) is 9.08. The van der Waals surface area contributed by atoms with E-state index in [0.717, 1.165) is 24.8 Å². The third kappa shape index (κ3) is 7.46. The van der Waals surface area contributed by atoms with Crippen molar-refractivity contribution in [2.75, 3.05) is 13.2 Å². The van der Waals surface area contributed by atoms with Gasteiger partial charge in [0.15, 0.2) is 0 Å². The number of amides is 2. The smallest absolute Gasteiger partial charge is 0.220 e. The van der Waals surface area contributed by atoms with Crippen LogP contribution >= 0.6 is 0 Å². The van der Waals surface area contributed by atoms with Gasteiger partial charge in [0, 0.05) is 19.9 Å². The monoisotopic (exact) mass is 292 g/mol. The van der Waals surface area contributed by atoms with Gasteiger partial charge in [-0.25, -0.2) is 0 Å². The number of carbonyl (C=O) groups excluding carboxylic acids is 2. The predicted molar refractivity (Wildman–Crippen MR) is 81.6 cm³/mol. The van der Waals surface area contributed by atoms with E-state index in [1.165, 1.54) is 6.92 Å². The van der Waals surface area contributed by atoms with Gasteiger partial charge in [0.05, 0.1) is 12.6 Å². The number of carbonyl (C=O) groups is 2. The Morgan fingerprint density at radius 1 is 1.14 bits per heavy atom. The highest BCUT2D eigenvalue weighted by molar-refractivity contribution is 5.76. The Kier molecular flexibility index (Phi) is 8.12. The van der Waals surface area contributed by atoms with Crippen molar-refractivity contribution in [2.24, 2.45) is 0 Å². The summed E-state index contributed by atoms with van der Waals surface area (Å²) in [5.74, 6) is -0.0844. The Bertz CT molecular complexity index is 434. The minimum Gasteiger partial charge on any atom is -0.394 e. The fourth-order valence-corrected chi connectivity index (χ4v) is 2.04. The molecular weight excluding hydrogens is 268 g/mol. The second-order valence-corrected chi connectivity index (χ2v) is 5.01. The molecule has 0 unspecified atom stereocenters. The lowest BCUT2D eigenvalue weighted by atomic mass is 10.1. The molecule has 0 aliphatic rings. The molecule has 1 rings (SSSR count). The second kappa shape index (κ2) is 9.94. The van der Waals surface area contributed by atoms with E-state index in [2.05, 4.69) is 10.6 Å². The summed E-state index contributed by atoms with van der Waals surface area (Å²) < 4.78 is 0. The number of hydrogen-bond acceptors (Lipinski definition) is 3. The number of hydrogen-bond donors (Lipinski definition) is 3. The normalized spacial score (nSPS) is 11.7. The van der Waals surface area contributed by atoms with E-state index in [0.29, 0.717) is 13.0 Å². The minimum atomic E-state index is -0.349. The van der Waals surface area contributed by atoms with Gasteiger partial charge in [-0.1, -0.05) is 36.8 Å². The van der Waals surface area contributed by atoms with Crippen LogP contribution in [0, 0.1) is 0 Å². The number of unbranched alkanes of at least 4 members (excludes halogenated alkanes) is 2. The van der Waals surface area contributed by atoms with Crippen molar-refractivity contribution in [1.29, 1.82) is 0 Å². The zero-order chi connectivity index (χ0) is 15.5. The molecule has 0 bridgehead atoms. The maximum atomic E-state index is 11.8. The first-order valence-electron chi connectivity index (χ1n) is 7.33. The SMILES string of the molecule is CC(=O)NCCCCCC(=O)N[C@@H](CO)c1ccccc1. The summed E-state index contributed by atoms with van der Waals surface area (Å²) in [6.07, 6.45) is 2.97. The molecule has 0 saturated carbocycles. The Labute approximate surface area is 125 Å². The van der Waals surface area contributed by atoms with Crippen LogP contribution in [-0.4, -0.2) is 30.1 Å². The van der Waals surface area contributed by atoms with E-state index in [1.54, 1.807) is 0 Å². The molecule has 2 amide bonds. The predicted octanol–water partition coefficient (Wildman–Crippen LogP) is 1.53. The molecule has 5 heteroatoms. The topological polar surface area (TPSA) is 78.4 Å². The van der Waals surface area contributed by atoms with Crippen molar-refractivity contribution in [3.63, 3.8) is 0 Å². The molecule has 0 aliphatic carbocycles. The second-order valence-electron chi connectivity index (χ2n) is 5.01. The first kappa shape index (κ1) is 17.2. The van der Waals surface area contributed by atoms with Crippen molar-refractivity contribution < 1.29 is 14.7 Å². The van der Waals surface area contributed by atoms with Gasteiger partial charge < -0.3 is 15.7 Å². The standard InChI is InChI=1S/C16H24N2O3/c1-13(20)17-11-7-3-6-10-16(21)18-15(12-19)14-8-4-2-5-9-14/h2,4-5,8-9,15,19H,3,6-7,10-12H2,1H3,(H,17,20)(H,18,21)/t15-/m0/s1. The van der Waals surface area contributed by atoms with Crippen LogP contribution in [0.4, 0.5) is 0 Å². The largest absolute Gasteiger partial charge is 0.394 e. The van der Waals surface area contributed by atoms with Gasteiger partial charge >= 0.3 is 0 Å². The first-order chi connectivity index (χ1) is 10.1. The van der Waals surface area contributed by atoms with Crippen LogP contribution in [0.1, 0.15) is 44.2 Å². The lowest BCUT2D eigenvalue weighted by Gasteiger charge is -2.16. The van der Waals surface area contributed by atoms with Crippen molar-refractivity contribution in [2.45, 2.75) is 38.6 Å². The maximum Gasteiger partial charge on any atom is 0.220 e. The Hall–Kier alpha value is -1.88. The van der Waals surface area contributed by atoms with Crippen molar-refractivity contribution in [3.8, 4) is 0 Å². The average molecular weight is 292 g/mol. The number of nitrogens with one attached hydrogen (secondary N) is 2. The summed E-state index contributed by atoms with van der Waals surface area (Å²) in [6.45, 7) is 2.03. The maximum absolute atomic E-state index is 11.8. The van der Waals surface area contributed by atoms with Crippen molar-refractivity contribution >= 4 is 11.8 Å². The molecule has 116 valence electrons. The number of aliphatic hydroxyl groups excluding tert-OH is 1. The molecule has 0 saturated heterocycles. The van der Waals surface area contributed by atoms with Crippen LogP contribution in [0.3, 0.4) is 0 Å². The molecule has 0 aliphatic heterocycles. The van der Waals surface area contributed by atoms with Crippen LogP contribution in [0.2, 0.25) is 0 Å². The molecule has 0 fully saturated rings. The molecule has 1 aromatic rings. The van der Waals surface area contributed by atoms with Crippen LogP contribution in [0.15, 0.2) is 30.3 Å². The highest BCUT2D eigenvalue weighted by atomic mass is 16.3. The zero-order valence-electron chi connectivity index (χ0n) is 12.5. The minimum absolute atomic E-state index is 0.0265. The third-order valence-electron chi connectivity index (χ3n) is 3.17. The highest BCUT2D eigenvalue weighted by Gasteiger charge is 2.12. The van der Waals surface area contributed by atoms with Gasteiger partial charge in [0.25, 0.3) is 0 Å². The Morgan fingerprint density at radius 3 is 2.48 bits per heavy atom. The quantitative estimate of drug-likeness (QED) is 0.604. The van der Waals surface area contributed by atoms with Gasteiger partial charge in [0.2, 0.25) is 11.8 Å². The number of benzene rings is 1. The molecule has 3 N–H and O–H groups in total. The lowest BCUT2D eigenvalue weighted by Crippen LogP contribution is -2.30. The van der Waals surface area contributed by atoms with Gasteiger partial charge in [-0.2, -0.15) is 0 Å². The van der Waals surface area contributed by atoms with Crippen LogP contribution < -0.4 is 10.6 Å². The first-order valence-corrected chi connectivity index (χ1v) is 7.33. The fourth-order valence-electron chi connectivity index (χ4n) is 2.04. The molecule has 0 radical (unpaired) electrons. The van der Waals surface area contributed by atoms with E-state index >= 15 is 0 Å². The Morgan fingerprint density at radius 2 is 1.86 bits per heavy atom. The van der Waals surface area contributed by atoms with Crippen molar-refractivity contribution in [3.05, 3.63) is 35.9 Å². The average Bonchev–Trinajstić information content (AvgIpc) is 2.49. The third-order valence-corrected chi connectivity index (χ3v) is 3.17. The van der Waals surface area contributed by atoms with Crippen LogP contribution in [-0.2, 0) is 9.59 Å². The van der Waals surface area contributed by atoms with E-state index in [1.807, 2.05) is 30.3 Å². The van der Waals surface area contributed by atoms with E-state index < -0.39 is 0 Å². The van der Waals surface area contributed by atoms with Gasteiger partial charge in [-0.3, -0.25) is 9.59 Å². The molecular formula is C16H24N2O3. The number of rotatable bonds is 9. The van der Waals surface area contributed by atoms with Crippen LogP contribution in [0.5, 0.6) is 0 Å². The van der Waals surface area contributed by atoms with E-state index in [4.69, 9.17) is 0 Å². The van der Waals surface area contributed by atoms with Gasteiger partial charge in [-0.05, 0) is 18.4 Å². The van der Waals surface area contributed by atoms with E-state index in [9.17, 15) is 14.7 Å². The summed E-state index contributed by atoms with van der Waals surface area (Å²) >= 11 is 0. The van der Waals surface area contributed by atoms with E-state index in [-0.39, 0.29) is 24.5 Å².